The van der Waals surface area contributed by atoms with Gasteiger partial charge in [-0.2, -0.15) is 5.06 Å². The minimum atomic E-state index is -0.527. The van der Waals surface area contributed by atoms with Gasteiger partial charge in [-0.1, -0.05) is 30.3 Å². The van der Waals surface area contributed by atoms with Crippen molar-refractivity contribution in [2.75, 3.05) is 19.6 Å². The third kappa shape index (κ3) is 4.96. The molecule has 9 heteroatoms. The normalized spacial score (nSPS) is 25.7. The van der Waals surface area contributed by atoms with E-state index in [1.54, 1.807) is 9.80 Å². The second-order valence-electron chi connectivity index (χ2n) is 11.4. The van der Waals surface area contributed by atoms with Crippen LogP contribution in [0.15, 0.2) is 30.3 Å². The molecule has 0 aromatic heterocycles. The summed E-state index contributed by atoms with van der Waals surface area (Å²) in [6.07, 6.45) is 3.74. The van der Waals surface area contributed by atoms with Crippen LogP contribution < -0.4 is 5.32 Å². The van der Waals surface area contributed by atoms with Crippen molar-refractivity contribution in [2.45, 2.75) is 83.2 Å². The van der Waals surface area contributed by atoms with Gasteiger partial charge in [0.2, 0.25) is 5.91 Å². The van der Waals surface area contributed by atoms with Gasteiger partial charge in [0.25, 0.3) is 0 Å². The fourth-order valence-corrected chi connectivity index (χ4v) is 5.56. The molecule has 4 amide bonds. The first-order chi connectivity index (χ1) is 16.7. The molecule has 3 heterocycles. The Morgan fingerprint density at radius 1 is 1.11 bits per heavy atom. The van der Waals surface area contributed by atoms with Crippen LogP contribution in [-0.4, -0.2) is 76.3 Å². The number of hydrogen-bond acceptors (Lipinski definition) is 5. The van der Waals surface area contributed by atoms with Crippen LogP contribution in [0.2, 0.25) is 0 Å². The van der Waals surface area contributed by atoms with Crippen molar-refractivity contribution in [3.63, 3.8) is 0 Å². The Morgan fingerprint density at radius 3 is 2.43 bits per heavy atom. The van der Waals surface area contributed by atoms with E-state index in [4.69, 9.17) is 9.57 Å². The lowest BCUT2D eigenvalue weighted by molar-refractivity contribution is -0.153. The fourth-order valence-electron chi connectivity index (χ4n) is 5.56. The smallest absolute Gasteiger partial charge is 0.410 e. The Kier molecular flexibility index (Phi) is 6.15. The van der Waals surface area contributed by atoms with Crippen LogP contribution in [0, 0.1) is 5.41 Å². The minimum absolute atomic E-state index is 0.000158. The van der Waals surface area contributed by atoms with Crippen LogP contribution in [-0.2, 0) is 21.0 Å². The lowest BCUT2D eigenvalue weighted by Gasteiger charge is -2.38. The van der Waals surface area contributed by atoms with Crippen molar-refractivity contribution in [2.24, 2.45) is 5.41 Å². The number of nitrogens with zero attached hydrogens (tertiary/aromatic N) is 3. The molecule has 3 saturated heterocycles. The van der Waals surface area contributed by atoms with Gasteiger partial charge in [0.15, 0.2) is 0 Å². The molecule has 5 rings (SSSR count). The van der Waals surface area contributed by atoms with Gasteiger partial charge in [0, 0.05) is 25.7 Å². The van der Waals surface area contributed by atoms with Crippen molar-refractivity contribution in [1.29, 1.82) is 0 Å². The molecule has 1 N–H and O–H groups in total. The first-order valence-corrected chi connectivity index (χ1v) is 12.7. The predicted molar refractivity (Wildman–Crippen MR) is 128 cm³/mol. The molecule has 2 bridgehead atoms. The summed E-state index contributed by atoms with van der Waals surface area (Å²) in [7, 11) is 0. The zero-order valence-corrected chi connectivity index (χ0v) is 20.9. The van der Waals surface area contributed by atoms with E-state index in [0.717, 1.165) is 18.4 Å². The van der Waals surface area contributed by atoms with E-state index in [1.165, 1.54) is 5.06 Å². The highest BCUT2D eigenvalue weighted by molar-refractivity contribution is 5.89. The van der Waals surface area contributed by atoms with Crippen molar-refractivity contribution >= 4 is 18.0 Å². The topological polar surface area (TPSA) is 91.4 Å². The highest BCUT2D eigenvalue weighted by atomic mass is 16.7. The number of hydroxylamine groups is 2. The van der Waals surface area contributed by atoms with Gasteiger partial charge < -0.3 is 19.9 Å². The zero-order valence-electron chi connectivity index (χ0n) is 20.9. The van der Waals surface area contributed by atoms with E-state index in [9.17, 15) is 14.4 Å². The Hall–Kier alpha value is -2.81. The van der Waals surface area contributed by atoms with Crippen LogP contribution in [0.3, 0.4) is 0 Å². The standard InChI is InChI=1S/C26H36N4O5/c1-25(2,3)35-24(33)28-13-9-19(10-14-28)27-22(31)20-15-26(11-12-26)21-16-29(20)23(32)30(21)34-17-18-7-5-4-6-8-18/h4-8,19-21H,9-17H2,1-3H3,(H,27,31)/t20-,21+/m0/s1. The SMILES string of the molecule is CC(C)(C)OC(=O)N1CCC(NC(=O)[C@@H]2CC3(CC3)[C@H]3CN2C(=O)N3OCc2ccccc2)CC1. The molecule has 4 aliphatic rings. The number of nitrogens with one attached hydrogen (secondary N) is 1. The zero-order chi connectivity index (χ0) is 24.8. The van der Waals surface area contributed by atoms with Gasteiger partial charge in [-0.25, -0.2) is 9.59 Å². The lowest BCUT2D eigenvalue weighted by atomic mass is 9.85. The van der Waals surface area contributed by atoms with Gasteiger partial charge in [-0.05, 0) is 63.9 Å². The summed E-state index contributed by atoms with van der Waals surface area (Å²) in [4.78, 5) is 48.3. The number of ether oxygens (including phenoxy) is 1. The first-order valence-electron chi connectivity index (χ1n) is 12.7. The van der Waals surface area contributed by atoms with E-state index >= 15 is 0 Å². The van der Waals surface area contributed by atoms with E-state index in [0.29, 0.717) is 45.5 Å². The molecule has 0 unspecified atom stereocenters. The number of likely N-dealkylation sites (tertiary alicyclic amines) is 1. The summed E-state index contributed by atoms with van der Waals surface area (Å²) in [5.74, 6) is -0.0938. The number of carbonyl (C=O) groups excluding carboxylic acids is 3. The van der Waals surface area contributed by atoms with E-state index < -0.39 is 11.6 Å². The summed E-state index contributed by atoms with van der Waals surface area (Å²) in [5, 5.41) is 4.70. The molecule has 0 radical (unpaired) electrons. The van der Waals surface area contributed by atoms with Crippen molar-refractivity contribution < 1.29 is 24.0 Å². The average Bonchev–Trinajstić information content (AvgIpc) is 3.53. The number of benzene rings is 1. The maximum absolute atomic E-state index is 13.3. The van der Waals surface area contributed by atoms with Crippen molar-refractivity contribution in [1.82, 2.24) is 20.2 Å². The molecule has 190 valence electrons. The minimum Gasteiger partial charge on any atom is -0.444 e. The molecule has 2 atom stereocenters. The molecule has 35 heavy (non-hydrogen) atoms. The Morgan fingerprint density at radius 2 is 1.80 bits per heavy atom. The van der Waals surface area contributed by atoms with Crippen LogP contribution in [0.5, 0.6) is 0 Å². The Labute approximate surface area is 206 Å². The molecular formula is C26H36N4O5. The number of fused-ring (bicyclic) bond motifs is 3. The van der Waals surface area contributed by atoms with E-state index in [1.807, 2.05) is 51.1 Å². The van der Waals surface area contributed by atoms with E-state index in [-0.39, 0.29) is 35.5 Å². The summed E-state index contributed by atoms with van der Waals surface area (Å²) < 4.78 is 5.46. The van der Waals surface area contributed by atoms with Crippen LogP contribution in [0.25, 0.3) is 0 Å². The average molecular weight is 485 g/mol. The molecule has 1 aromatic carbocycles. The van der Waals surface area contributed by atoms with Gasteiger partial charge in [-0.3, -0.25) is 9.63 Å². The Balaban J connectivity index is 1.17. The van der Waals surface area contributed by atoms with Crippen molar-refractivity contribution in [3.8, 4) is 0 Å². The van der Waals surface area contributed by atoms with Gasteiger partial charge >= 0.3 is 12.1 Å². The van der Waals surface area contributed by atoms with Crippen LogP contribution in [0.4, 0.5) is 9.59 Å². The number of amides is 4. The quantitative estimate of drug-likeness (QED) is 0.693. The number of urea groups is 1. The first kappa shape index (κ1) is 23.9. The molecule has 1 aromatic rings. The van der Waals surface area contributed by atoms with Crippen molar-refractivity contribution in [3.05, 3.63) is 35.9 Å². The predicted octanol–water partition coefficient (Wildman–Crippen LogP) is 3.29. The molecular weight excluding hydrogens is 448 g/mol. The monoisotopic (exact) mass is 484 g/mol. The molecule has 4 fully saturated rings. The number of hydrogen-bond donors (Lipinski definition) is 1. The van der Waals surface area contributed by atoms with Crippen LogP contribution >= 0.6 is 0 Å². The molecule has 3 aliphatic heterocycles. The van der Waals surface area contributed by atoms with Gasteiger partial charge in [0.05, 0.1) is 6.04 Å². The highest BCUT2D eigenvalue weighted by Gasteiger charge is 2.64. The second-order valence-corrected chi connectivity index (χ2v) is 11.4. The largest absolute Gasteiger partial charge is 0.444 e. The summed E-state index contributed by atoms with van der Waals surface area (Å²) in [5.41, 5.74) is 0.455. The van der Waals surface area contributed by atoms with E-state index in [2.05, 4.69) is 5.32 Å². The summed E-state index contributed by atoms with van der Waals surface area (Å²) in [6, 6.07) is 9.10. The maximum Gasteiger partial charge on any atom is 0.410 e. The molecule has 1 spiro atoms. The molecule has 1 saturated carbocycles. The lowest BCUT2D eigenvalue weighted by Crippen LogP contribution is -2.56. The third-order valence-electron chi connectivity index (χ3n) is 7.67. The van der Waals surface area contributed by atoms with Crippen LogP contribution in [0.1, 0.15) is 58.4 Å². The maximum atomic E-state index is 13.3. The third-order valence-corrected chi connectivity index (χ3v) is 7.67. The number of carbonyl (C=O) groups is 3. The Bertz CT molecular complexity index is 966. The molecule has 1 aliphatic carbocycles. The molecule has 9 nitrogen and oxygen atoms in total. The van der Waals surface area contributed by atoms with Gasteiger partial charge in [0.1, 0.15) is 18.2 Å². The number of rotatable bonds is 5. The highest BCUT2D eigenvalue weighted by Crippen LogP contribution is 2.59. The number of piperidine rings is 2. The fraction of sp³-hybridized carbons (Fsp3) is 0.654. The second kappa shape index (κ2) is 9.00. The van der Waals surface area contributed by atoms with Gasteiger partial charge in [-0.15, -0.1) is 0 Å². The summed E-state index contributed by atoms with van der Waals surface area (Å²) >= 11 is 0. The summed E-state index contributed by atoms with van der Waals surface area (Å²) in [6.45, 7) is 7.51.